The Bertz CT molecular complexity index is 1290. The second kappa shape index (κ2) is 8.59. The van der Waals surface area contributed by atoms with Gasteiger partial charge in [0.25, 0.3) is 0 Å². The molecule has 9 nitrogen and oxygen atoms in total. The van der Waals surface area contributed by atoms with E-state index in [1.54, 1.807) is 30.7 Å². The average Bonchev–Trinajstić information content (AvgIpc) is 3.51. The summed E-state index contributed by atoms with van der Waals surface area (Å²) < 4.78 is 7.85. The number of nitrogen functional groups attached to an aromatic ring is 1. The Morgan fingerprint density at radius 3 is 2.55 bits per heavy atom. The van der Waals surface area contributed by atoms with Crippen molar-refractivity contribution in [3.05, 3.63) is 60.1 Å². The Hall–Kier alpha value is -3.85. The van der Waals surface area contributed by atoms with Crippen molar-refractivity contribution in [2.24, 2.45) is 0 Å². The number of amides is 1. The molecule has 3 N–H and O–H groups in total. The number of hydrogen-bond acceptors (Lipinski definition) is 6. The molecule has 0 radical (unpaired) electrons. The lowest BCUT2D eigenvalue weighted by atomic mass is 10.1. The molecule has 4 heterocycles. The predicted octanol–water partition coefficient (Wildman–Crippen LogP) is 4.82. The summed E-state index contributed by atoms with van der Waals surface area (Å²) in [6, 6.07) is 9.34. The number of aromatic nitrogens is 4. The molecule has 1 aliphatic rings. The quantitative estimate of drug-likeness (QED) is 0.443. The van der Waals surface area contributed by atoms with Gasteiger partial charge >= 0.3 is 6.09 Å². The molecule has 1 saturated heterocycles. The van der Waals surface area contributed by atoms with Crippen LogP contribution in [0.25, 0.3) is 33.9 Å². The topological polar surface area (TPSA) is 123 Å². The molecule has 4 aromatic rings. The number of nitrogens with two attached hydrogens (primary N) is 1. The number of carbonyl (C=O) groups is 1. The smallest absolute Gasteiger partial charge is 0.407 e. The summed E-state index contributed by atoms with van der Waals surface area (Å²) in [5, 5.41) is 14.3. The number of oxazole rings is 1. The molecule has 10 heteroatoms. The molecule has 168 valence electrons. The number of halogens is 1. The van der Waals surface area contributed by atoms with E-state index in [4.69, 9.17) is 26.9 Å². The normalized spacial score (nSPS) is 14.5. The van der Waals surface area contributed by atoms with Crippen LogP contribution in [0.5, 0.6) is 0 Å². The predicted molar refractivity (Wildman–Crippen MR) is 124 cm³/mol. The summed E-state index contributed by atoms with van der Waals surface area (Å²) in [6.45, 7) is 1.01. The maximum Gasteiger partial charge on any atom is 0.407 e. The molecule has 3 aromatic heterocycles. The number of hydrogen-bond donors (Lipinski definition) is 2. The molecule has 1 amide bonds. The number of carboxylic acid groups (broad SMARTS) is 1. The number of nitrogens with zero attached hydrogens (tertiary/aromatic N) is 5. The second-order valence-corrected chi connectivity index (χ2v) is 8.34. The summed E-state index contributed by atoms with van der Waals surface area (Å²) >= 11 is 5.96. The van der Waals surface area contributed by atoms with E-state index in [2.05, 4.69) is 15.1 Å². The third-order valence-electron chi connectivity index (χ3n) is 5.83. The van der Waals surface area contributed by atoms with Gasteiger partial charge in [-0.1, -0.05) is 11.6 Å². The van der Waals surface area contributed by atoms with Crippen LogP contribution in [0.15, 0.2) is 59.5 Å². The number of pyridine rings is 1. The zero-order valence-corrected chi connectivity index (χ0v) is 18.3. The van der Waals surface area contributed by atoms with Crippen molar-refractivity contribution in [3.8, 4) is 33.9 Å². The third-order valence-corrected chi connectivity index (χ3v) is 6.08. The highest BCUT2D eigenvalue weighted by Gasteiger charge is 2.24. The molecule has 1 aromatic carbocycles. The van der Waals surface area contributed by atoms with Crippen LogP contribution in [-0.2, 0) is 0 Å². The fraction of sp³-hybridized carbons (Fsp3) is 0.217. The summed E-state index contributed by atoms with van der Waals surface area (Å²) in [4.78, 5) is 21.3. The summed E-state index contributed by atoms with van der Waals surface area (Å²) in [7, 11) is 0. The molecule has 0 spiro atoms. The molecular formula is C23H21ClN6O3. The highest BCUT2D eigenvalue weighted by molar-refractivity contribution is 6.30. The van der Waals surface area contributed by atoms with E-state index in [9.17, 15) is 4.79 Å². The average molecular weight is 465 g/mol. The lowest BCUT2D eigenvalue weighted by molar-refractivity contribution is 0.124. The van der Waals surface area contributed by atoms with Crippen molar-refractivity contribution in [2.45, 2.75) is 18.9 Å². The molecule has 1 fully saturated rings. The van der Waals surface area contributed by atoms with E-state index in [0.717, 1.165) is 29.5 Å². The Balaban J connectivity index is 1.38. The van der Waals surface area contributed by atoms with E-state index in [1.807, 2.05) is 29.1 Å². The molecule has 0 atom stereocenters. The molecular weight excluding hydrogens is 444 g/mol. The maximum absolute atomic E-state index is 11.1. The zero-order chi connectivity index (χ0) is 22.9. The van der Waals surface area contributed by atoms with Crippen molar-refractivity contribution >= 4 is 23.5 Å². The molecule has 5 rings (SSSR count). The van der Waals surface area contributed by atoms with Gasteiger partial charge in [-0.2, -0.15) is 5.10 Å². The lowest BCUT2D eigenvalue weighted by Gasteiger charge is -2.30. The largest absolute Gasteiger partial charge is 0.465 e. The number of anilines is 1. The van der Waals surface area contributed by atoms with Crippen LogP contribution in [0, 0.1) is 0 Å². The Labute approximate surface area is 194 Å². The minimum absolute atomic E-state index is 0.157. The van der Waals surface area contributed by atoms with Crippen molar-refractivity contribution < 1.29 is 14.3 Å². The second-order valence-electron chi connectivity index (χ2n) is 7.90. The van der Waals surface area contributed by atoms with E-state index < -0.39 is 6.09 Å². The monoisotopic (exact) mass is 464 g/mol. The summed E-state index contributed by atoms with van der Waals surface area (Å²) in [6.07, 6.45) is 7.64. The number of likely N-dealkylation sites (tertiary alicyclic amines) is 1. The number of benzene rings is 1. The first-order valence-corrected chi connectivity index (χ1v) is 10.9. The van der Waals surface area contributed by atoms with Gasteiger partial charge in [0.15, 0.2) is 5.76 Å². The van der Waals surface area contributed by atoms with Gasteiger partial charge in [-0.25, -0.2) is 14.8 Å². The lowest BCUT2D eigenvalue weighted by Crippen LogP contribution is -2.38. The minimum Gasteiger partial charge on any atom is -0.465 e. The van der Waals surface area contributed by atoms with Crippen molar-refractivity contribution in [1.29, 1.82) is 0 Å². The number of rotatable bonds is 4. The van der Waals surface area contributed by atoms with Crippen LogP contribution >= 0.6 is 11.6 Å². The van der Waals surface area contributed by atoms with Crippen LogP contribution in [0.1, 0.15) is 18.9 Å². The van der Waals surface area contributed by atoms with Crippen LogP contribution in [0.4, 0.5) is 10.6 Å². The molecule has 0 saturated carbocycles. The first kappa shape index (κ1) is 21.0. The van der Waals surface area contributed by atoms with Gasteiger partial charge in [-0.3, -0.25) is 4.68 Å². The van der Waals surface area contributed by atoms with Crippen molar-refractivity contribution in [3.63, 3.8) is 0 Å². The maximum atomic E-state index is 11.1. The van der Waals surface area contributed by atoms with Crippen LogP contribution in [-0.4, -0.2) is 48.9 Å². The standard InChI is InChI=1S/C23H21ClN6O3/c24-17-3-1-14(2-4-17)20-12-27-22(33-20)19-9-15(10-26-21(19)25)16-11-28-30(13-16)18-5-7-29(8-6-18)23(31)32/h1-4,9-13,18H,5-8H2,(H2,25,26)(H,31,32). The number of piperidine rings is 1. The van der Waals surface area contributed by atoms with Crippen LogP contribution in [0.3, 0.4) is 0 Å². The van der Waals surface area contributed by atoms with Crippen LogP contribution < -0.4 is 5.73 Å². The van der Waals surface area contributed by atoms with E-state index >= 15 is 0 Å². The zero-order valence-electron chi connectivity index (χ0n) is 17.6. The molecule has 1 aliphatic heterocycles. The van der Waals surface area contributed by atoms with Gasteiger partial charge in [0.1, 0.15) is 5.82 Å². The minimum atomic E-state index is -0.874. The Morgan fingerprint density at radius 2 is 1.82 bits per heavy atom. The van der Waals surface area contributed by atoms with E-state index in [-0.39, 0.29) is 6.04 Å². The van der Waals surface area contributed by atoms with Crippen molar-refractivity contribution in [2.75, 3.05) is 18.8 Å². The van der Waals surface area contributed by atoms with Gasteiger partial charge in [0.05, 0.1) is 24.0 Å². The fourth-order valence-electron chi connectivity index (χ4n) is 3.96. The van der Waals surface area contributed by atoms with Crippen molar-refractivity contribution in [1.82, 2.24) is 24.6 Å². The SMILES string of the molecule is Nc1ncc(-c2cnn(C3CCN(C(=O)O)CC3)c2)cc1-c1ncc(-c2ccc(Cl)cc2)o1. The van der Waals surface area contributed by atoms with Gasteiger partial charge in [-0.15, -0.1) is 0 Å². The van der Waals surface area contributed by atoms with E-state index in [1.165, 1.54) is 4.90 Å². The van der Waals surface area contributed by atoms with Gasteiger partial charge in [0.2, 0.25) is 5.89 Å². The first-order chi connectivity index (χ1) is 16.0. The highest BCUT2D eigenvalue weighted by Crippen LogP contribution is 2.32. The fourth-order valence-corrected chi connectivity index (χ4v) is 4.09. The molecule has 0 aliphatic carbocycles. The van der Waals surface area contributed by atoms with Crippen LogP contribution in [0.2, 0.25) is 5.02 Å². The van der Waals surface area contributed by atoms with Gasteiger partial charge in [-0.05, 0) is 43.2 Å². The summed E-state index contributed by atoms with van der Waals surface area (Å²) in [5.74, 6) is 1.30. The van der Waals surface area contributed by atoms with Gasteiger partial charge < -0.3 is 20.2 Å². The summed E-state index contributed by atoms with van der Waals surface area (Å²) in [5.41, 5.74) is 9.29. The van der Waals surface area contributed by atoms with E-state index in [0.29, 0.717) is 41.1 Å². The molecule has 33 heavy (non-hydrogen) atoms. The first-order valence-electron chi connectivity index (χ1n) is 10.5. The molecule has 0 bridgehead atoms. The highest BCUT2D eigenvalue weighted by atomic mass is 35.5. The third kappa shape index (κ3) is 4.27. The Kier molecular flexibility index (Phi) is 5.47. The molecule has 0 unspecified atom stereocenters. The Morgan fingerprint density at radius 1 is 1.06 bits per heavy atom. The van der Waals surface area contributed by atoms with Gasteiger partial charge in [0, 0.05) is 47.2 Å².